The Hall–Kier alpha value is -0.570. The van der Waals surface area contributed by atoms with Crippen molar-refractivity contribution in [2.24, 2.45) is 23.7 Å². The Morgan fingerprint density at radius 1 is 1.44 bits per heavy atom. The van der Waals surface area contributed by atoms with E-state index >= 15 is 0 Å². The monoisotopic (exact) mass is 225 g/mol. The van der Waals surface area contributed by atoms with Crippen LogP contribution in [0.4, 0.5) is 0 Å². The lowest BCUT2D eigenvalue weighted by Crippen LogP contribution is -2.45. The largest absolute Gasteiger partial charge is 0.388 e. The summed E-state index contributed by atoms with van der Waals surface area (Å²) in [6, 6.07) is 0. The molecule has 16 heavy (non-hydrogen) atoms. The first-order valence-electron chi connectivity index (χ1n) is 6.43. The van der Waals surface area contributed by atoms with Gasteiger partial charge in [0.05, 0.1) is 5.60 Å². The average Bonchev–Trinajstić information content (AvgIpc) is 2.68. The maximum atomic E-state index is 11.9. The number of fused-ring (bicyclic) bond motifs is 1. The predicted octanol–water partition coefficient (Wildman–Crippen LogP) is 1.56. The van der Waals surface area contributed by atoms with Crippen LogP contribution in [0.15, 0.2) is 0 Å². The zero-order valence-electron chi connectivity index (χ0n) is 10.5. The minimum atomic E-state index is -0.792. The molecule has 0 spiro atoms. The molecule has 3 atom stereocenters. The molecule has 92 valence electrons. The summed E-state index contributed by atoms with van der Waals surface area (Å²) in [6.07, 6.45) is 3.75. The summed E-state index contributed by atoms with van der Waals surface area (Å²) in [5.74, 6) is 1.90. The van der Waals surface area contributed by atoms with Crippen molar-refractivity contribution in [3.63, 3.8) is 0 Å². The fourth-order valence-electron chi connectivity index (χ4n) is 2.80. The van der Waals surface area contributed by atoms with E-state index in [1.165, 1.54) is 19.3 Å². The molecule has 0 aromatic heterocycles. The van der Waals surface area contributed by atoms with Crippen molar-refractivity contribution in [3.05, 3.63) is 0 Å². The van der Waals surface area contributed by atoms with E-state index in [9.17, 15) is 9.90 Å². The number of hydrogen-bond acceptors (Lipinski definition) is 2. The lowest BCUT2D eigenvalue weighted by atomic mass is 9.92. The zero-order valence-corrected chi connectivity index (χ0v) is 10.5. The maximum Gasteiger partial charge on any atom is 0.223 e. The van der Waals surface area contributed by atoms with Crippen molar-refractivity contribution in [1.29, 1.82) is 0 Å². The first kappa shape index (κ1) is 11.9. The SMILES string of the molecule is CC(C)C(C)(O)CNC(=O)C1C2CCCC21. The summed E-state index contributed by atoms with van der Waals surface area (Å²) in [4.78, 5) is 11.9. The van der Waals surface area contributed by atoms with Crippen molar-refractivity contribution in [2.75, 3.05) is 6.54 Å². The van der Waals surface area contributed by atoms with Crippen molar-refractivity contribution in [3.8, 4) is 0 Å². The van der Waals surface area contributed by atoms with Crippen LogP contribution in [0.1, 0.15) is 40.0 Å². The average molecular weight is 225 g/mol. The van der Waals surface area contributed by atoms with Gasteiger partial charge in [0.15, 0.2) is 0 Å². The number of carbonyl (C=O) groups is 1. The highest BCUT2D eigenvalue weighted by atomic mass is 16.3. The molecular weight excluding hydrogens is 202 g/mol. The van der Waals surface area contributed by atoms with Crippen LogP contribution in [-0.4, -0.2) is 23.2 Å². The van der Waals surface area contributed by atoms with E-state index in [2.05, 4.69) is 5.32 Å². The van der Waals surface area contributed by atoms with Gasteiger partial charge in [0.2, 0.25) is 5.91 Å². The second kappa shape index (κ2) is 4.02. The van der Waals surface area contributed by atoms with Crippen LogP contribution >= 0.6 is 0 Å². The molecule has 3 heteroatoms. The van der Waals surface area contributed by atoms with Gasteiger partial charge in [-0.2, -0.15) is 0 Å². The third-order valence-electron chi connectivity index (χ3n) is 4.57. The molecule has 0 aromatic rings. The van der Waals surface area contributed by atoms with E-state index in [0.29, 0.717) is 18.4 Å². The molecule has 0 heterocycles. The van der Waals surface area contributed by atoms with Gasteiger partial charge in [0.1, 0.15) is 0 Å². The number of hydrogen-bond donors (Lipinski definition) is 2. The molecule has 2 saturated carbocycles. The molecule has 0 aromatic carbocycles. The van der Waals surface area contributed by atoms with E-state index in [1.807, 2.05) is 13.8 Å². The molecule has 3 nitrogen and oxygen atoms in total. The normalized spacial score (nSPS) is 35.7. The second-order valence-electron chi connectivity index (χ2n) is 6.01. The summed E-state index contributed by atoms with van der Waals surface area (Å²) in [5, 5.41) is 12.9. The lowest BCUT2D eigenvalue weighted by Gasteiger charge is -2.27. The van der Waals surface area contributed by atoms with Gasteiger partial charge < -0.3 is 10.4 Å². The van der Waals surface area contributed by atoms with Crippen LogP contribution < -0.4 is 5.32 Å². The van der Waals surface area contributed by atoms with Crippen LogP contribution in [0, 0.1) is 23.7 Å². The quantitative estimate of drug-likeness (QED) is 0.762. The van der Waals surface area contributed by atoms with E-state index in [-0.39, 0.29) is 17.7 Å². The summed E-state index contributed by atoms with van der Waals surface area (Å²) in [6.45, 7) is 6.10. The van der Waals surface area contributed by atoms with Crippen LogP contribution in [0.3, 0.4) is 0 Å². The van der Waals surface area contributed by atoms with Gasteiger partial charge in [-0.3, -0.25) is 4.79 Å². The molecule has 2 aliphatic carbocycles. The Kier molecular flexibility index (Phi) is 2.99. The Labute approximate surface area is 97.6 Å². The van der Waals surface area contributed by atoms with Gasteiger partial charge in [-0.05, 0) is 37.5 Å². The number of carbonyl (C=O) groups excluding carboxylic acids is 1. The molecule has 2 aliphatic rings. The highest BCUT2D eigenvalue weighted by molar-refractivity contribution is 5.82. The van der Waals surface area contributed by atoms with Gasteiger partial charge in [-0.1, -0.05) is 20.3 Å². The smallest absolute Gasteiger partial charge is 0.223 e. The summed E-state index contributed by atoms with van der Waals surface area (Å²) < 4.78 is 0. The number of nitrogens with one attached hydrogen (secondary N) is 1. The molecule has 2 rings (SSSR count). The van der Waals surface area contributed by atoms with Crippen LogP contribution in [0.5, 0.6) is 0 Å². The lowest BCUT2D eigenvalue weighted by molar-refractivity contribution is -0.124. The Morgan fingerprint density at radius 3 is 2.50 bits per heavy atom. The van der Waals surface area contributed by atoms with Crippen molar-refractivity contribution in [2.45, 2.75) is 45.6 Å². The molecule has 2 N–H and O–H groups in total. The number of rotatable bonds is 4. The maximum absolute atomic E-state index is 11.9. The van der Waals surface area contributed by atoms with Crippen LogP contribution in [0.25, 0.3) is 0 Å². The predicted molar refractivity (Wildman–Crippen MR) is 62.8 cm³/mol. The molecule has 0 radical (unpaired) electrons. The van der Waals surface area contributed by atoms with E-state index in [4.69, 9.17) is 0 Å². The van der Waals surface area contributed by atoms with Gasteiger partial charge in [0, 0.05) is 12.5 Å². The highest BCUT2D eigenvalue weighted by Crippen LogP contribution is 2.57. The second-order valence-corrected chi connectivity index (χ2v) is 6.01. The van der Waals surface area contributed by atoms with E-state index in [1.54, 1.807) is 6.92 Å². The number of aliphatic hydroxyl groups is 1. The summed E-state index contributed by atoms with van der Waals surface area (Å²) in [5.41, 5.74) is -0.792. The van der Waals surface area contributed by atoms with Crippen molar-refractivity contribution >= 4 is 5.91 Å². The molecule has 0 bridgehead atoms. The standard InChI is InChI=1S/C13H23NO2/c1-8(2)13(3,16)7-14-12(15)11-9-5-4-6-10(9)11/h8-11,16H,4-7H2,1-3H3,(H,14,15). The molecule has 2 fully saturated rings. The van der Waals surface area contributed by atoms with Crippen LogP contribution in [0.2, 0.25) is 0 Å². The van der Waals surface area contributed by atoms with Gasteiger partial charge in [0.25, 0.3) is 0 Å². The molecule has 1 amide bonds. The minimum absolute atomic E-state index is 0.159. The van der Waals surface area contributed by atoms with Gasteiger partial charge >= 0.3 is 0 Å². The van der Waals surface area contributed by atoms with Gasteiger partial charge in [-0.15, -0.1) is 0 Å². The molecule has 0 saturated heterocycles. The van der Waals surface area contributed by atoms with E-state index < -0.39 is 5.60 Å². The first-order valence-corrected chi connectivity index (χ1v) is 6.43. The minimum Gasteiger partial charge on any atom is -0.388 e. The van der Waals surface area contributed by atoms with Crippen molar-refractivity contribution < 1.29 is 9.90 Å². The Balaban J connectivity index is 1.77. The fourth-order valence-corrected chi connectivity index (χ4v) is 2.80. The molecule has 0 aliphatic heterocycles. The molecular formula is C13H23NO2. The third kappa shape index (κ3) is 2.10. The highest BCUT2D eigenvalue weighted by Gasteiger charge is 2.56. The first-order chi connectivity index (χ1) is 7.43. The zero-order chi connectivity index (χ0) is 11.9. The third-order valence-corrected chi connectivity index (χ3v) is 4.57. The van der Waals surface area contributed by atoms with Crippen LogP contribution in [-0.2, 0) is 4.79 Å². The fraction of sp³-hybridized carbons (Fsp3) is 0.923. The Morgan fingerprint density at radius 2 is 2.00 bits per heavy atom. The Bertz CT molecular complexity index is 276. The molecule has 3 unspecified atom stereocenters. The van der Waals surface area contributed by atoms with Gasteiger partial charge in [-0.25, -0.2) is 0 Å². The summed E-state index contributed by atoms with van der Waals surface area (Å²) in [7, 11) is 0. The topological polar surface area (TPSA) is 49.3 Å². The summed E-state index contributed by atoms with van der Waals surface area (Å²) >= 11 is 0. The van der Waals surface area contributed by atoms with Crippen molar-refractivity contribution in [1.82, 2.24) is 5.32 Å². The number of amides is 1. The van der Waals surface area contributed by atoms with E-state index in [0.717, 1.165) is 0 Å².